The number of hydrogen-bond donors (Lipinski definition) is 2. The van der Waals surface area contributed by atoms with Crippen LogP contribution in [0.2, 0.25) is 0 Å². The number of rotatable bonds is 8. The van der Waals surface area contributed by atoms with E-state index in [1.54, 1.807) is 13.0 Å². The van der Waals surface area contributed by atoms with Crippen LogP contribution in [0.4, 0.5) is 18.9 Å². The number of hydrogen-bond acceptors (Lipinski definition) is 7. The van der Waals surface area contributed by atoms with Crippen molar-refractivity contribution in [3.8, 4) is 5.75 Å². The third-order valence-corrected chi connectivity index (χ3v) is 5.36. The molecule has 0 fully saturated rings. The van der Waals surface area contributed by atoms with Crippen LogP contribution in [0, 0.1) is 17.9 Å². The van der Waals surface area contributed by atoms with Crippen LogP contribution in [-0.2, 0) is 23.9 Å². The van der Waals surface area contributed by atoms with E-state index in [4.69, 9.17) is 4.74 Å². The zero-order chi connectivity index (χ0) is 24.3. The number of carbonyl (C=O) groups excluding carboxylic acids is 1. The predicted octanol–water partition coefficient (Wildman–Crippen LogP) is 2.06. The van der Waals surface area contributed by atoms with E-state index in [9.17, 15) is 31.5 Å². The molecule has 1 unspecified atom stereocenters. The summed E-state index contributed by atoms with van der Waals surface area (Å²) in [5.41, 5.74) is -3.77. The van der Waals surface area contributed by atoms with E-state index in [2.05, 4.69) is 11.4 Å². The summed E-state index contributed by atoms with van der Waals surface area (Å²) < 4.78 is 62.5. The minimum atomic E-state index is -4.20. The molecule has 2 aromatic rings. The van der Waals surface area contributed by atoms with Crippen LogP contribution in [0.1, 0.15) is 20.8 Å². The van der Waals surface area contributed by atoms with E-state index in [-0.39, 0.29) is 97.1 Å². The monoisotopic (exact) mass is 530 g/mol. The Hall–Kier alpha value is -0.604. The second-order valence-electron chi connectivity index (χ2n) is 6.64. The number of aliphatic hydroxyl groups excluding tert-OH is 1. The first-order chi connectivity index (χ1) is 15.0. The van der Waals surface area contributed by atoms with Gasteiger partial charge in [-0.05, 0) is 34.5 Å². The number of alkyl halides is 3. The maximum absolute atomic E-state index is 12.0. The van der Waals surface area contributed by atoms with Crippen molar-refractivity contribution in [2.75, 3.05) is 18.5 Å². The predicted molar refractivity (Wildman–Crippen MR) is 116 cm³/mol. The van der Waals surface area contributed by atoms with Crippen molar-refractivity contribution < 1.29 is 87.6 Å². The fraction of sp³-hybridized carbons (Fsp3) is 0.381. The molecule has 0 heterocycles. The van der Waals surface area contributed by atoms with E-state index in [1.807, 2.05) is 13.8 Å². The minimum absolute atomic E-state index is 0. The van der Waals surface area contributed by atoms with E-state index >= 15 is 0 Å². The zero-order valence-electron chi connectivity index (χ0n) is 18.6. The van der Waals surface area contributed by atoms with Gasteiger partial charge in [0.05, 0.1) is 19.1 Å². The first-order valence-electron chi connectivity index (χ1n) is 9.48. The van der Waals surface area contributed by atoms with Crippen LogP contribution in [0.15, 0.2) is 52.3 Å². The van der Waals surface area contributed by atoms with Crippen LogP contribution in [0.5, 0.6) is 5.75 Å². The molecule has 2 N–H and O–H groups in total. The maximum atomic E-state index is 12.0. The van der Waals surface area contributed by atoms with Gasteiger partial charge in [0.25, 0.3) is 0 Å². The molecule has 0 bridgehead atoms. The number of amides is 1. The molecule has 33 heavy (non-hydrogen) atoms. The van der Waals surface area contributed by atoms with Crippen molar-refractivity contribution in [2.24, 2.45) is 11.8 Å². The summed E-state index contributed by atoms with van der Waals surface area (Å²) in [6.45, 7) is 5.49. The van der Waals surface area contributed by atoms with Crippen LogP contribution < -0.4 is 61.4 Å². The molecule has 0 saturated heterocycles. The smallest absolute Gasteiger partial charge is 0.495 e. The van der Waals surface area contributed by atoms with Gasteiger partial charge in [0.2, 0.25) is 5.91 Å². The van der Waals surface area contributed by atoms with Gasteiger partial charge < -0.3 is 23.6 Å². The summed E-state index contributed by atoms with van der Waals surface area (Å²) in [6, 6.07) is 12.7. The molecule has 0 aliphatic carbocycles. The minimum Gasteiger partial charge on any atom is -0.495 e. The van der Waals surface area contributed by atoms with Crippen LogP contribution in [-0.4, -0.2) is 29.7 Å². The number of aliphatic hydroxyl groups is 1. The Labute approximate surface area is 240 Å². The van der Waals surface area contributed by atoms with Crippen LogP contribution >= 0.6 is 11.8 Å². The first kappa shape index (κ1) is 32.4. The summed E-state index contributed by atoms with van der Waals surface area (Å²) in [4.78, 5) is 12.2. The molecule has 0 spiro atoms. The Morgan fingerprint density at radius 2 is 1.94 bits per heavy atom. The number of halogens is 3. The Kier molecular flexibility index (Phi) is 15.8. The van der Waals surface area contributed by atoms with Gasteiger partial charge in [-0.25, -0.2) is 0 Å². The van der Waals surface area contributed by atoms with Gasteiger partial charge in [0.15, 0.2) is 0 Å². The van der Waals surface area contributed by atoms with Gasteiger partial charge in [0, 0.05) is 11.8 Å². The molecule has 0 aromatic heterocycles. The third-order valence-electron chi connectivity index (χ3n) is 3.94. The second kappa shape index (κ2) is 16.1. The maximum Gasteiger partial charge on any atom is 1.00 e. The largest absolute Gasteiger partial charge is 1.00 e. The summed E-state index contributed by atoms with van der Waals surface area (Å²) in [5.74, 6) is -0.650. The van der Waals surface area contributed by atoms with Gasteiger partial charge >= 0.3 is 56.9 Å². The summed E-state index contributed by atoms with van der Waals surface area (Å²) in [7, 11) is -2.41. The topological polar surface area (TPSA) is 92.7 Å². The fourth-order valence-electron chi connectivity index (χ4n) is 2.40. The fourth-order valence-corrected chi connectivity index (χ4v) is 3.40. The normalized spacial score (nSPS) is 11.8. The van der Waals surface area contributed by atoms with E-state index in [0.29, 0.717) is 12.3 Å². The quantitative estimate of drug-likeness (QED) is 0.235. The molecule has 1 amide bonds. The zero-order valence-corrected chi connectivity index (χ0v) is 23.4. The number of carbonyl (C=O) groups is 1. The van der Waals surface area contributed by atoms with E-state index in [0.717, 1.165) is 0 Å². The first-order valence-corrected chi connectivity index (χ1v) is 11.4. The van der Waals surface area contributed by atoms with Gasteiger partial charge in [-0.2, -0.15) is 43.5 Å². The Morgan fingerprint density at radius 3 is 2.39 bits per heavy atom. The Morgan fingerprint density at radius 1 is 1.27 bits per heavy atom. The molecule has 2 aromatic carbocycles. The van der Waals surface area contributed by atoms with Crippen molar-refractivity contribution in [3.63, 3.8) is 0 Å². The molecule has 0 saturated carbocycles. The van der Waals surface area contributed by atoms with Crippen molar-refractivity contribution in [1.29, 1.82) is 0 Å². The number of nitrogens with one attached hydrogen (secondary N) is 1. The molecule has 12 heteroatoms. The van der Waals surface area contributed by atoms with Gasteiger partial charge in [0.1, 0.15) is 5.75 Å². The molecule has 2 rings (SSSR count). The number of anilines is 1. The summed E-state index contributed by atoms with van der Waals surface area (Å²) in [6.07, 6.45) is 0. The molecular weight excluding hydrogens is 506 g/mol. The third kappa shape index (κ3) is 12.6. The Balaban J connectivity index is 0.000000720. The summed E-state index contributed by atoms with van der Waals surface area (Å²) in [5, 5.41) is 11.9. The molecule has 0 aliphatic heterocycles. The average molecular weight is 531 g/mol. The van der Waals surface area contributed by atoms with E-state index in [1.165, 1.54) is 36.4 Å². The SMILES string of the molecule is CCOc1cc(NC(=O)C(CO)C(C)C)ccc1[S-](=O)=O.FC(F)(F)Sc1c[c-]ccc1.[K+]. The van der Waals surface area contributed by atoms with Crippen LogP contribution in [0.25, 0.3) is 0 Å². The molecule has 1 atom stereocenters. The number of thioether (sulfide) groups is 1. The Bertz CT molecular complexity index is 933. The van der Waals surface area contributed by atoms with Crippen molar-refractivity contribution in [1.82, 2.24) is 0 Å². The van der Waals surface area contributed by atoms with Crippen molar-refractivity contribution in [2.45, 2.75) is 36.1 Å². The molecule has 0 radical (unpaired) electrons. The summed E-state index contributed by atoms with van der Waals surface area (Å²) >= 11 is -0.131. The number of ether oxygens (including phenoxy) is 1. The average Bonchev–Trinajstić information content (AvgIpc) is 2.68. The van der Waals surface area contributed by atoms with Gasteiger partial charge in [-0.15, -0.1) is 0 Å². The van der Waals surface area contributed by atoms with Crippen LogP contribution in [0.3, 0.4) is 0 Å². The molecule has 0 aliphatic rings. The molecular formula is C21H24F3KNO5S2-. The van der Waals surface area contributed by atoms with Crippen molar-refractivity contribution in [3.05, 3.63) is 48.5 Å². The van der Waals surface area contributed by atoms with Gasteiger partial charge in [-0.1, -0.05) is 36.6 Å². The second-order valence-corrected chi connectivity index (χ2v) is 8.69. The standard InChI is InChI=1S/C14H20NO5S.C7H4F3S.K/c1-4-20-12-7-10(5-6-13(12)21(18)19)15-14(17)11(8-16)9(2)3;8-7(9,10)11-6-4-2-1-3-5-6;/h5-7,9,11,16H,4,8H2,1-3H3,(H,15,17);1-2,4-5H;/q2*-1;+1. The number of benzene rings is 2. The molecule has 178 valence electrons. The van der Waals surface area contributed by atoms with Gasteiger partial charge in [-0.3, -0.25) is 4.79 Å². The van der Waals surface area contributed by atoms with Crippen molar-refractivity contribution >= 4 is 34.1 Å². The molecule has 6 nitrogen and oxygen atoms in total. The van der Waals surface area contributed by atoms with E-state index < -0.39 is 22.1 Å².